The molecule has 0 saturated heterocycles. The molecular formula is C6H7N3O3. The maximum atomic E-state index is 11.1. The Hall–Kier alpha value is -1.72. The van der Waals surface area contributed by atoms with E-state index in [9.17, 15) is 9.59 Å². The van der Waals surface area contributed by atoms with Crippen molar-refractivity contribution in [2.24, 2.45) is 0 Å². The highest BCUT2D eigenvalue weighted by atomic mass is 16.5. The van der Waals surface area contributed by atoms with Crippen molar-refractivity contribution < 1.29 is 14.3 Å². The van der Waals surface area contributed by atoms with Gasteiger partial charge in [-0.3, -0.25) is 9.59 Å². The Morgan fingerprint density at radius 1 is 1.67 bits per heavy atom. The highest BCUT2D eigenvalue weighted by molar-refractivity contribution is 6.04. The van der Waals surface area contributed by atoms with Crippen LogP contribution in [0.5, 0.6) is 0 Å². The van der Waals surface area contributed by atoms with Gasteiger partial charge in [0.1, 0.15) is 12.1 Å². The second kappa shape index (κ2) is 3.61. The van der Waals surface area contributed by atoms with E-state index in [4.69, 9.17) is 0 Å². The third kappa shape index (κ3) is 1.88. The zero-order valence-corrected chi connectivity index (χ0v) is 6.40. The average molecular weight is 169 g/mol. The minimum atomic E-state index is -0.581. The molecule has 6 heteroatoms. The Balaban J connectivity index is 2.56. The fraction of sp³-hybridized carbons (Fsp3) is 0.333. The Bertz CT molecular complexity index is 280. The predicted octanol–water partition coefficient (Wildman–Crippen LogP) is -0.450. The van der Waals surface area contributed by atoms with E-state index in [0.717, 1.165) is 0 Å². The number of esters is 1. The van der Waals surface area contributed by atoms with Crippen molar-refractivity contribution in [3.05, 3.63) is 11.9 Å². The quantitative estimate of drug-likeness (QED) is 0.376. The summed E-state index contributed by atoms with van der Waals surface area (Å²) in [5.74, 6) is -0.987. The summed E-state index contributed by atoms with van der Waals surface area (Å²) in [6, 6.07) is 0. The molecule has 0 radical (unpaired) electrons. The van der Waals surface area contributed by atoms with E-state index in [-0.39, 0.29) is 12.1 Å². The van der Waals surface area contributed by atoms with Gasteiger partial charge >= 0.3 is 5.97 Å². The molecule has 0 amide bonds. The number of ether oxygens (including phenoxy) is 1. The van der Waals surface area contributed by atoms with Gasteiger partial charge in [0.05, 0.1) is 13.3 Å². The molecular weight excluding hydrogens is 162 g/mol. The minimum absolute atomic E-state index is 0.139. The molecule has 0 aliphatic rings. The second-order valence-corrected chi connectivity index (χ2v) is 2.03. The summed E-state index contributed by atoms with van der Waals surface area (Å²) in [7, 11) is 1.22. The molecule has 0 unspecified atom stereocenters. The largest absolute Gasteiger partial charge is 0.469 e. The Morgan fingerprint density at radius 3 is 2.92 bits per heavy atom. The van der Waals surface area contributed by atoms with Crippen LogP contribution in [0.1, 0.15) is 16.9 Å². The molecule has 0 aliphatic carbocycles. The van der Waals surface area contributed by atoms with Crippen LogP contribution >= 0.6 is 0 Å². The molecule has 64 valence electrons. The molecule has 0 saturated carbocycles. The number of aromatic amines is 1. The van der Waals surface area contributed by atoms with Crippen LogP contribution in [-0.4, -0.2) is 34.3 Å². The van der Waals surface area contributed by atoms with Gasteiger partial charge in [-0.15, -0.1) is 0 Å². The van der Waals surface area contributed by atoms with Crippen molar-refractivity contribution in [3.8, 4) is 0 Å². The lowest BCUT2D eigenvalue weighted by Gasteiger charge is -1.94. The molecule has 6 nitrogen and oxygen atoms in total. The van der Waals surface area contributed by atoms with E-state index in [1.54, 1.807) is 0 Å². The molecule has 0 aromatic carbocycles. The molecule has 0 aliphatic heterocycles. The first kappa shape index (κ1) is 8.38. The van der Waals surface area contributed by atoms with Gasteiger partial charge in [-0.1, -0.05) is 0 Å². The van der Waals surface area contributed by atoms with Crippen molar-refractivity contribution >= 4 is 11.8 Å². The Morgan fingerprint density at radius 2 is 2.42 bits per heavy atom. The number of ketones is 1. The van der Waals surface area contributed by atoms with Crippen molar-refractivity contribution in [1.82, 2.24) is 15.4 Å². The van der Waals surface area contributed by atoms with E-state index in [1.807, 2.05) is 0 Å². The standard InChI is InChI=1S/C6H7N3O3/c1-12-6(11)2-5(10)4-3-7-9-8-4/h3H,2H2,1H3,(H,7,8,9). The van der Waals surface area contributed by atoms with Gasteiger partial charge in [-0.2, -0.15) is 15.4 Å². The summed E-state index contributed by atoms with van der Waals surface area (Å²) in [5, 5.41) is 9.21. The molecule has 0 spiro atoms. The summed E-state index contributed by atoms with van der Waals surface area (Å²) in [6.45, 7) is 0. The number of methoxy groups -OCH3 is 1. The summed E-state index contributed by atoms with van der Waals surface area (Å²) in [6.07, 6.45) is 0.953. The molecule has 0 bridgehead atoms. The van der Waals surface area contributed by atoms with Crippen LogP contribution < -0.4 is 0 Å². The van der Waals surface area contributed by atoms with E-state index < -0.39 is 11.8 Å². The van der Waals surface area contributed by atoms with E-state index in [1.165, 1.54) is 13.3 Å². The molecule has 0 fully saturated rings. The molecule has 1 aromatic rings. The molecule has 12 heavy (non-hydrogen) atoms. The van der Waals surface area contributed by atoms with Crippen LogP contribution in [0.4, 0.5) is 0 Å². The van der Waals surface area contributed by atoms with Crippen LogP contribution in [0.2, 0.25) is 0 Å². The molecule has 1 N–H and O–H groups in total. The van der Waals surface area contributed by atoms with Gasteiger partial charge in [0.15, 0.2) is 5.78 Å². The summed E-state index contributed by atoms with van der Waals surface area (Å²) in [4.78, 5) is 21.7. The number of nitrogens with zero attached hydrogens (tertiary/aromatic N) is 2. The third-order valence-corrected chi connectivity index (χ3v) is 1.23. The number of Topliss-reactive ketones (excluding diaryl/α,β-unsaturated/α-hetero) is 1. The van der Waals surface area contributed by atoms with Crippen molar-refractivity contribution in [3.63, 3.8) is 0 Å². The first-order valence-electron chi connectivity index (χ1n) is 3.20. The van der Waals surface area contributed by atoms with Crippen molar-refractivity contribution in [2.75, 3.05) is 7.11 Å². The van der Waals surface area contributed by atoms with Gasteiger partial charge in [0.2, 0.25) is 0 Å². The van der Waals surface area contributed by atoms with Crippen LogP contribution in [0.25, 0.3) is 0 Å². The minimum Gasteiger partial charge on any atom is -0.469 e. The number of hydrogen-bond acceptors (Lipinski definition) is 5. The maximum absolute atomic E-state index is 11.1. The zero-order valence-electron chi connectivity index (χ0n) is 6.40. The van der Waals surface area contributed by atoms with E-state index in [0.29, 0.717) is 0 Å². The predicted molar refractivity (Wildman–Crippen MR) is 37.3 cm³/mol. The summed E-state index contributed by atoms with van der Waals surface area (Å²) < 4.78 is 4.30. The van der Waals surface area contributed by atoms with Gasteiger partial charge in [-0.05, 0) is 0 Å². The summed E-state index contributed by atoms with van der Waals surface area (Å²) in [5.41, 5.74) is 0.139. The number of carbonyl (C=O) groups is 2. The normalized spacial score (nSPS) is 9.42. The molecule has 1 aromatic heterocycles. The van der Waals surface area contributed by atoms with Crippen molar-refractivity contribution in [1.29, 1.82) is 0 Å². The fourth-order valence-electron chi connectivity index (χ4n) is 0.630. The van der Waals surface area contributed by atoms with Crippen LogP contribution in [-0.2, 0) is 9.53 Å². The lowest BCUT2D eigenvalue weighted by molar-refractivity contribution is -0.139. The van der Waals surface area contributed by atoms with Crippen LogP contribution in [0.3, 0.4) is 0 Å². The average Bonchev–Trinajstić information content (AvgIpc) is 2.56. The highest BCUT2D eigenvalue weighted by Gasteiger charge is 2.13. The summed E-state index contributed by atoms with van der Waals surface area (Å²) >= 11 is 0. The fourth-order valence-corrected chi connectivity index (χ4v) is 0.630. The topological polar surface area (TPSA) is 84.9 Å². The van der Waals surface area contributed by atoms with Crippen LogP contribution in [0.15, 0.2) is 6.20 Å². The monoisotopic (exact) mass is 169 g/mol. The first-order chi connectivity index (χ1) is 5.74. The Labute approximate surface area is 67.9 Å². The lowest BCUT2D eigenvalue weighted by Crippen LogP contribution is -2.09. The molecule has 0 atom stereocenters. The Kier molecular flexibility index (Phi) is 2.52. The first-order valence-corrected chi connectivity index (χ1v) is 3.20. The smallest absolute Gasteiger partial charge is 0.313 e. The van der Waals surface area contributed by atoms with Gasteiger partial charge in [0, 0.05) is 0 Å². The van der Waals surface area contributed by atoms with Gasteiger partial charge in [0.25, 0.3) is 0 Å². The molecule has 1 heterocycles. The van der Waals surface area contributed by atoms with Crippen molar-refractivity contribution in [2.45, 2.75) is 6.42 Å². The SMILES string of the molecule is COC(=O)CC(=O)c1cn[nH]n1. The van der Waals surface area contributed by atoms with Gasteiger partial charge in [-0.25, -0.2) is 0 Å². The third-order valence-electron chi connectivity index (χ3n) is 1.23. The lowest BCUT2D eigenvalue weighted by atomic mass is 10.2. The zero-order chi connectivity index (χ0) is 8.97. The highest BCUT2D eigenvalue weighted by Crippen LogP contribution is 1.96. The van der Waals surface area contributed by atoms with E-state index in [2.05, 4.69) is 20.1 Å². The maximum Gasteiger partial charge on any atom is 0.313 e. The van der Waals surface area contributed by atoms with E-state index >= 15 is 0 Å². The number of carbonyl (C=O) groups excluding carboxylic acids is 2. The van der Waals surface area contributed by atoms with Gasteiger partial charge < -0.3 is 4.74 Å². The number of hydrogen-bond donors (Lipinski definition) is 1. The second-order valence-electron chi connectivity index (χ2n) is 2.03. The number of aromatic nitrogens is 3. The molecule has 1 rings (SSSR count). The van der Waals surface area contributed by atoms with Crippen LogP contribution in [0, 0.1) is 0 Å². The number of nitrogens with one attached hydrogen (secondary N) is 1. The number of rotatable bonds is 3. The number of H-pyrrole nitrogens is 1.